The second-order valence-electron chi connectivity index (χ2n) is 17.0. The summed E-state index contributed by atoms with van der Waals surface area (Å²) >= 11 is 0. The summed E-state index contributed by atoms with van der Waals surface area (Å²) in [6.45, 7) is -0.0607. The van der Waals surface area contributed by atoms with E-state index >= 15 is 0 Å². The van der Waals surface area contributed by atoms with Gasteiger partial charge in [0.05, 0.1) is 22.2 Å². The molecule has 0 unspecified atom stereocenters. The van der Waals surface area contributed by atoms with E-state index in [1.165, 1.54) is 99.0 Å². The third-order valence-corrected chi connectivity index (χ3v) is 13.5. The van der Waals surface area contributed by atoms with Gasteiger partial charge in [-0.05, 0) is 104 Å². The summed E-state index contributed by atoms with van der Waals surface area (Å²) in [7, 11) is 0. The molecule has 0 saturated carbocycles. The first-order valence-electron chi connectivity index (χ1n) is 22.2. The molecule has 64 heavy (non-hydrogen) atoms. The van der Waals surface area contributed by atoms with Crippen molar-refractivity contribution in [3.8, 4) is 61.5 Å². The molecule has 0 N–H and O–H groups in total. The number of nitrogens with zero attached hydrogens (tertiary/aromatic N) is 2. The van der Waals surface area contributed by atoms with E-state index < -0.39 is 0 Å². The Kier molecular flexibility index (Phi) is 8.35. The summed E-state index contributed by atoms with van der Waals surface area (Å²) < 4.78 is 2.38. The van der Waals surface area contributed by atoms with Gasteiger partial charge in [0.2, 0.25) is 6.71 Å². The molecular formula is C61H39BN2. The van der Waals surface area contributed by atoms with Crippen molar-refractivity contribution in [2.75, 3.05) is 0 Å². The summed E-state index contributed by atoms with van der Waals surface area (Å²) in [5.41, 5.74) is 20.3. The molecule has 0 amide bonds. The molecule has 1 aliphatic rings. The van der Waals surface area contributed by atoms with Crippen LogP contribution in [0.5, 0.6) is 0 Å². The number of hydrogen-bond donors (Lipinski definition) is 0. The first kappa shape index (κ1) is 36.4. The second kappa shape index (κ2) is 14.7. The minimum Gasteiger partial charge on any atom is -0.309 e. The average Bonchev–Trinajstić information content (AvgIpc) is 3.71. The van der Waals surface area contributed by atoms with Gasteiger partial charge in [-0.3, -0.25) is 0 Å². The number of hydrogen-bond acceptors (Lipinski definition) is 1. The van der Waals surface area contributed by atoms with Gasteiger partial charge in [-0.2, -0.15) is 0 Å². The molecule has 0 spiro atoms. The quantitative estimate of drug-likeness (QED) is 0.121. The first-order valence-corrected chi connectivity index (χ1v) is 22.2. The van der Waals surface area contributed by atoms with Crippen LogP contribution < -0.4 is 16.4 Å². The van der Waals surface area contributed by atoms with E-state index in [1.54, 1.807) is 0 Å². The van der Waals surface area contributed by atoms with Gasteiger partial charge in [-0.1, -0.05) is 204 Å². The largest absolute Gasteiger partial charge is 0.309 e. The van der Waals surface area contributed by atoms with Gasteiger partial charge in [0, 0.05) is 27.2 Å². The second-order valence-corrected chi connectivity index (χ2v) is 17.0. The zero-order valence-electron chi connectivity index (χ0n) is 35.0. The van der Waals surface area contributed by atoms with Crippen molar-refractivity contribution in [2.45, 2.75) is 0 Å². The van der Waals surface area contributed by atoms with Crippen molar-refractivity contribution in [1.29, 1.82) is 0 Å². The van der Waals surface area contributed by atoms with Crippen LogP contribution in [0.15, 0.2) is 237 Å². The van der Waals surface area contributed by atoms with Crippen molar-refractivity contribution in [2.24, 2.45) is 0 Å². The minimum atomic E-state index is -0.0607. The van der Waals surface area contributed by atoms with Crippen LogP contribution >= 0.6 is 0 Å². The predicted octanol–water partition coefficient (Wildman–Crippen LogP) is 13.6. The van der Waals surface area contributed by atoms with Crippen LogP contribution in [0.2, 0.25) is 0 Å². The highest BCUT2D eigenvalue weighted by atomic mass is 15.0. The molecule has 3 heteroatoms. The molecule has 0 bridgehead atoms. The summed E-state index contributed by atoms with van der Waals surface area (Å²) in [6, 6.07) is 86.6. The molecule has 0 atom stereocenters. The van der Waals surface area contributed by atoms with E-state index in [2.05, 4.69) is 241 Å². The highest BCUT2D eigenvalue weighted by molar-refractivity contribution is 7.00. The highest BCUT2D eigenvalue weighted by Gasteiger charge is 2.36. The van der Waals surface area contributed by atoms with Crippen molar-refractivity contribution in [3.63, 3.8) is 0 Å². The fourth-order valence-electron chi connectivity index (χ4n) is 10.6. The van der Waals surface area contributed by atoms with Crippen LogP contribution in [0.1, 0.15) is 0 Å². The molecule has 0 aliphatic carbocycles. The van der Waals surface area contributed by atoms with E-state index in [-0.39, 0.29) is 6.71 Å². The smallest absolute Gasteiger partial charge is 0.244 e. The van der Waals surface area contributed by atoms with Gasteiger partial charge in [-0.25, -0.2) is 4.98 Å². The zero-order valence-corrected chi connectivity index (χ0v) is 35.0. The minimum absolute atomic E-state index is 0.0607. The van der Waals surface area contributed by atoms with Crippen LogP contribution in [-0.2, 0) is 0 Å². The lowest BCUT2D eigenvalue weighted by Gasteiger charge is -2.30. The number of pyridine rings is 1. The molecule has 10 aromatic carbocycles. The van der Waals surface area contributed by atoms with Gasteiger partial charge >= 0.3 is 0 Å². The topological polar surface area (TPSA) is 17.8 Å². The van der Waals surface area contributed by atoms with Crippen molar-refractivity contribution >= 4 is 66.6 Å². The van der Waals surface area contributed by atoms with E-state index in [9.17, 15) is 0 Å². The third kappa shape index (κ3) is 5.71. The van der Waals surface area contributed by atoms with Gasteiger partial charge in [-0.15, -0.1) is 0 Å². The van der Waals surface area contributed by atoms with E-state index in [0.717, 1.165) is 22.3 Å². The monoisotopic (exact) mass is 810 g/mol. The molecule has 1 aliphatic heterocycles. The first-order chi connectivity index (χ1) is 31.8. The molecule has 2 nitrogen and oxygen atoms in total. The Morgan fingerprint density at radius 1 is 0.328 bits per heavy atom. The molecule has 2 aromatic heterocycles. The fourth-order valence-corrected chi connectivity index (χ4v) is 10.6. The summed E-state index contributed by atoms with van der Waals surface area (Å²) in [6.07, 6.45) is 0. The fraction of sp³-hybridized carbons (Fsp3) is 0. The van der Waals surface area contributed by atoms with Crippen molar-refractivity contribution in [3.05, 3.63) is 237 Å². The standard InChI is InChI=1S/C61H39BN2/c1-5-17-40(18-6-1)43-31-34-54-53(39-43)61-59-50(28-16-29-55(59)62(54)60-47(41-19-7-2-8-20-41)26-15-27-48(60)42-21-9-3-10-22-42)51-37-44(32-35-56(51)63-61)45-33-36-58-52(38-45)49-25-13-14-30-57(49)64(58)46-23-11-4-12-24-46/h1-39H. The maximum atomic E-state index is 5.66. The molecule has 0 saturated heterocycles. The number of aromatic nitrogens is 2. The summed E-state index contributed by atoms with van der Waals surface area (Å²) in [5, 5.41) is 6.09. The Morgan fingerprint density at radius 2 is 0.875 bits per heavy atom. The molecule has 3 heterocycles. The Bertz CT molecular complexity index is 3710. The lowest BCUT2D eigenvalue weighted by Crippen LogP contribution is -2.56. The van der Waals surface area contributed by atoms with E-state index in [1.807, 2.05) is 0 Å². The SMILES string of the molecule is c1ccc(-c2ccc3c(c2)-c2nc4ccc(-c5ccc6c(c5)c5ccccc5n6-c5ccccc5)cc4c4cccc(c24)B3c2c(-c3ccccc3)cccc2-c2ccccc2)cc1. The van der Waals surface area contributed by atoms with Gasteiger partial charge in [0.1, 0.15) is 0 Å². The van der Waals surface area contributed by atoms with Crippen LogP contribution in [0.4, 0.5) is 0 Å². The molecular weight excluding hydrogens is 771 g/mol. The van der Waals surface area contributed by atoms with Crippen molar-refractivity contribution in [1.82, 2.24) is 9.55 Å². The van der Waals surface area contributed by atoms with Gasteiger partial charge < -0.3 is 4.57 Å². The zero-order chi connectivity index (χ0) is 42.1. The van der Waals surface area contributed by atoms with Crippen LogP contribution in [0.3, 0.4) is 0 Å². The van der Waals surface area contributed by atoms with E-state index in [4.69, 9.17) is 4.98 Å². The van der Waals surface area contributed by atoms with Crippen LogP contribution in [0.25, 0.3) is 105 Å². The van der Waals surface area contributed by atoms with Gasteiger partial charge in [0.25, 0.3) is 0 Å². The number of para-hydroxylation sites is 2. The molecule has 0 fully saturated rings. The molecule has 296 valence electrons. The number of rotatable bonds is 6. The highest BCUT2D eigenvalue weighted by Crippen LogP contribution is 2.40. The van der Waals surface area contributed by atoms with E-state index in [0.29, 0.717) is 0 Å². The summed E-state index contributed by atoms with van der Waals surface area (Å²) in [5.74, 6) is 0. The van der Waals surface area contributed by atoms with Crippen LogP contribution in [0, 0.1) is 0 Å². The van der Waals surface area contributed by atoms with Crippen molar-refractivity contribution < 1.29 is 0 Å². The lowest BCUT2D eigenvalue weighted by molar-refractivity contribution is 1.18. The van der Waals surface area contributed by atoms with Crippen LogP contribution in [-0.4, -0.2) is 16.3 Å². The Morgan fingerprint density at radius 3 is 1.59 bits per heavy atom. The molecule has 12 aromatic rings. The normalized spacial score (nSPS) is 12.0. The molecule has 13 rings (SSSR count). The number of benzene rings is 10. The summed E-state index contributed by atoms with van der Waals surface area (Å²) in [4.78, 5) is 5.66. The van der Waals surface area contributed by atoms with Gasteiger partial charge in [0.15, 0.2) is 0 Å². The lowest BCUT2D eigenvalue weighted by atomic mass is 9.32. The third-order valence-electron chi connectivity index (χ3n) is 13.5. The maximum Gasteiger partial charge on any atom is 0.244 e. The Hall–Kier alpha value is -8.27. The maximum absolute atomic E-state index is 5.66. The average molecular weight is 811 g/mol. The Labute approximate surface area is 372 Å². The molecule has 0 radical (unpaired) electrons. The predicted molar refractivity (Wildman–Crippen MR) is 272 cm³/mol. The number of fused-ring (bicyclic) bond motifs is 7. The Balaban J connectivity index is 1.07.